The fourth-order valence-corrected chi connectivity index (χ4v) is 3.15. The molecule has 3 aromatic carbocycles. The molecule has 0 radical (unpaired) electrons. The van der Waals surface area contributed by atoms with Gasteiger partial charge in [-0.1, -0.05) is 48.0 Å². The monoisotopic (exact) mass is 371 g/mol. The smallest absolute Gasteiger partial charge is 0.285 e. The van der Waals surface area contributed by atoms with Crippen LogP contribution < -0.4 is 4.74 Å². The molecule has 0 aromatic heterocycles. The Morgan fingerprint density at radius 1 is 0.800 bits per heavy atom. The molecule has 0 fully saturated rings. The zero-order valence-corrected chi connectivity index (χ0v) is 14.6. The second-order valence-corrected chi connectivity index (χ2v) is 7.15. The van der Waals surface area contributed by atoms with E-state index >= 15 is 0 Å². The van der Waals surface area contributed by atoms with Crippen LogP contribution in [0.5, 0.6) is 5.75 Å². The SMILES string of the molecule is O=S(=O)(/N=C(/Oc1ccccc1)c1ccccc1)c1ccc(Cl)cc1. The van der Waals surface area contributed by atoms with Gasteiger partial charge >= 0.3 is 0 Å². The van der Waals surface area contributed by atoms with E-state index in [4.69, 9.17) is 16.3 Å². The summed E-state index contributed by atoms with van der Waals surface area (Å²) in [5.74, 6) is 0.498. The number of hydrogen-bond acceptors (Lipinski definition) is 3. The van der Waals surface area contributed by atoms with Crippen molar-refractivity contribution < 1.29 is 13.2 Å². The summed E-state index contributed by atoms with van der Waals surface area (Å²) in [6.45, 7) is 0. The van der Waals surface area contributed by atoms with Crippen LogP contribution >= 0.6 is 11.6 Å². The van der Waals surface area contributed by atoms with Gasteiger partial charge in [-0.15, -0.1) is 4.40 Å². The Morgan fingerprint density at radius 2 is 1.36 bits per heavy atom. The van der Waals surface area contributed by atoms with Crippen LogP contribution in [0.3, 0.4) is 0 Å². The molecule has 25 heavy (non-hydrogen) atoms. The number of benzene rings is 3. The average molecular weight is 372 g/mol. The van der Waals surface area contributed by atoms with Gasteiger partial charge in [-0.2, -0.15) is 8.42 Å². The minimum Gasteiger partial charge on any atom is -0.438 e. The predicted molar refractivity (Wildman–Crippen MR) is 98.7 cm³/mol. The third-order valence-corrected chi connectivity index (χ3v) is 4.82. The van der Waals surface area contributed by atoms with Crippen molar-refractivity contribution in [1.82, 2.24) is 0 Å². The lowest BCUT2D eigenvalue weighted by molar-refractivity contribution is 0.550. The Morgan fingerprint density at radius 3 is 1.96 bits per heavy atom. The topological polar surface area (TPSA) is 55.7 Å². The molecular formula is C19H14ClNO3S. The van der Waals surface area contributed by atoms with Gasteiger partial charge < -0.3 is 4.74 Å². The molecule has 0 N–H and O–H groups in total. The number of rotatable bonds is 4. The van der Waals surface area contributed by atoms with Gasteiger partial charge in [0.2, 0.25) is 5.90 Å². The maximum Gasteiger partial charge on any atom is 0.285 e. The summed E-state index contributed by atoms with van der Waals surface area (Å²) in [6.07, 6.45) is 0. The third kappa shape index (κ3) is 4.47. The van der Waals surface area contributed by atoms with Crippen molar-refractivity contribution in [2.24, 2.45) is 4.40 Å². The maximum absolute atomic E-state index is 12.6. The number of ether oxygens (including phenoxy) is 1. The highest BCUT2D eigenvalue weighted by atomic mass is 35.5. The van der Waals surface area contributed by atoms with Gasteiger partial charge in [0.15, 0.2) is 0 Å². The first-order valence-corrected chi connectivity index (χ1v) is 9.25. The first-order chi connectivity index (χ1) is 12.0. The van der Waals surface area contributed by atoms with Crippen molar-refractivity contribution >= 4 is 27.5 Å². The molecule has 6 heteroatoms. The van der Waals surface area contributed by atoms with Gasteiger partial charge in [0.25, 0.3) is 10.0 Å². The summed E-state index contributed by atoms with van der Waals surface area (Å²) in [6, 6.07) is 23.6. The molecule has 3 rings (SSSR count). The second kappa shape index (κ2) is 7.51. The van der Waals surface area contributed by atoms with Gasteiger partial charge in [0.1, 0.15) is 5.75 Å². The van der Waals surface area contributed by atoms with E-state index in [1.54, 1.807) is 48.5 Å². The van der Waals surface area contributed by atoms with Gasteiger partial charge in [-0.3, -0.25) is 0 Å². The molecular weight excluding hydrogens is 358 g/mol. The Bertz CT molecular complexity index is 970. The molecule has 3 aromatic rings. The Balaban J connectivity index is 2.04. The molecule has 0 atom stereocenters. The fourth-order valence-electron chi connectivity index (χ4n) is 2.08. The summed E-state index contributed by atoms with van der Waals surface area (Å²) in [5.41, 5.74) is 0.559. The van der Waals surface area contributed by atoms with E-state index in [9.17, 15) is 8.42 Å². The van der Waals surface area contributed by atoms with Gasteiger partial charge in [-0.25, -0.2) is 0 Å². The van der Waals surface area contributed by atoms with E-state index in [1.807, 2.05) is 12.1 Å². The summed E-state index contributed by atoms with van der Waals surface area (Å²) in [7, 11) is -3.94. The largest absolute Gasteiger partial charge is 0.438 e. The number of hydrogen-bond donors (Lipinski definition) is 0. The van der Waals surface area contributed by atoms with Crippen LogP contribution in [0.1, 0.15) is 5.56 Å². The van der Waals surface area contributed by atoms with Crippen LogP contribution in [0.25, 0.3) is 0 Å². The minimum atomic E-state index is -3.94. The summed E-state index contributed by atoms with van der Waals surface area (Å²) in [5, 5.41) is 0.451. The van der Waals surface area contributed by atoms with E-state index in [-0.39, 0.29) is 10.8 Å². The molecule has 126 valence electrons. The fraction of sp³-hybridized carbons (Fsp3) is 0. The van der Waals surface area contributed by atoms with Crippen LogP contribution in [0.15, 0.2) is 94.2 Å². The number of sulfonamides is 1. The molecule has 0 bridgehead atoms. The molecule has 0 saturated heterocycles. The molecule has 4 nitrogen and oxygen atoms in total. The van der Waals surface area contributed by atoms with Crippen molar-refractivity contribution in [1.29, 1.82) is 0 Å². The average Bonchev–Trinajstić information content (AvgIpc) is 2.63. The van der Waals surface area contributed by atoms with Gasteiger partial charge in [0.05, 0.1) is 4.90 Å². The van der Waals surface area contributed by atoms with E-state index in [1.165, 1.54) is 24.3 Å². The van der Waals surface area contributed by atoms with E-state index in [0.29, 0.717) is 16.3 Å². The molecule has 0 aliphatic carbocycles. The van der Waals surface area contributed by atoms with Crippen molar-refractivity contribution in [2.75, 3.05) is 0 Å². The number of nitrogens with zero attached hydrogens (tertiary/aromatic N) is 1. The van der Waals surface area contributed by atoms with Crippen LogP contribution in [0.2, 0.25) is 5.02 Å². The standard InChI is InChI=1S/C19H14ClNO3S/c20-16-11-13-18(14-12-16)25(22,23)21-19(15-7-3-1-4-8-15)24-17-9-5-2-6-10-17/h1-14H/b21-19+. The van der Waals surface area contributed by atoms with Crippen molar-refractivity contribution in [3.8, 4) is 5.75 Å². The highest BCUT2D eigenvalue weighted by molar-refractivity contribution is 7.90. The maximum atomic E-state index is 12.6. The Hall–Kier alpha value is -2.63. The highest BCUT2D eigenvalue weighted by Gasteiger charge is 2.17. The molecule has 0 aliphatic rings. The minimum absolute atomic E-state index is 0.00162. The van der Waals surface area contributed by atoms with Crippen LogP contribution in [0, 0.1) is 0 Å². The van der Waals surface area contributed by atoms with E-state index in [0.717, 1.165) is 0 Å². The van der Waals surface area contributed by atoms with Gasteiger partial charge in [0, 0.05) is 10.6 Å². The summed E-state index contributed by atoms with van der Waals surface area (Å²) < 4.78 is 34.8. The lowest BCUT2D eigenvalue weighted by Crippen LogP contribution is -2.13. The molecule has 0 saturated carbocycles. The van der Waals surface area contributed by atoms with Crippen molar-refractivity contribution in [3.63, 3.8) is 0 Å². The van der Waals surface area contributed by atoms with Crippen LogP contribution in [-0.2, 0) is 10.0 Å². The zero-order valence-electron chi connectivity index (χ0n) is 13.0. The van der Waals surface area contributed by atoms with Gasteiger partial charge in [-0.05, 0) is 48.5 Å². The van der Waals surface area contributed by atoms with Crippen LogP contribution in [-0.4, -0.2) is 14.3 Å². The highest BCUT2D eigenvalue weighted by Crippen LogP contribution is 2.19. The van der Waals surface area contributed by atoms with Crippen LogP contribution in [0.4, 0.5) is 0 Å². The first-order valence-electron chi connectivity index (χ1n) is 7.43. The van der Waals surface area contributed by atoms with Crippen molar-refractivity contribution in [2.45, 2.75) is 4.90 Å². The molecule has 0 heterocycles. The van der Waals surface area contributed by atoms with Crippen molar-refractivity contribution in [3.05, 3.63) is 95.5 Å². The number of halogens is 1. The third-order valence-electron chi connectivity index (χ3n) is 3.29. The molecule has 0 spiro atoms. The summed E-state index contributed by atoms with van der Waals surface area (Å²) in [4.78, 5) is 0.0435. The molecule has 0 amide bonds. The quantitative estimate of drug-likeness (QED) is 0.499. The Kier molecular flexibility index (Phi) is 5.16. The predicted octanol–water partition coefficient (Wildman–Crippen LogP) is 4.55. The number of para-hydroxylation sites is 1. The van der Waals surface area contributed by atoms with E-state index < -0.39 is 10.0 Å². The normalized spacial score (nSPS) is 12.0. The zero-order chi connectivity index (χ0) is 17.7. The lowest BCUT2D eigenvalue weighted by Gasteiger charge is -2.09. The Labute approximate surface area is 151 Å². The second-order valence-electron chi connectivity index (χ2n) is 5.11. The molecule has 0 unspecified atom stereocenters. The summed E-state index contributed by atoms with van der Waals surface area (Å²) >= 11 is 5.82. The first kappa shape index (κ1) is 17.2. The lowest BCUT2D eigenvalue weighted by atomic mass is 10.2. The molecule has 0 aliphatic heterocycles. The van der Waals surface area contributed by atoms with E-state index in [2.05, 4.69) is 4.40 Å².